The lowest BCUT2D eigenvalue weighted by Gasteiger charge is -2.18. The molecule has 0 unspecified atom stereocenters. The minimum atomic E-state index is -0.568. The third-order valence-electron chi connectivity index (χ3n) is 3.77. The van der Waals surface area contributed by atoms with Crippen molar-refractivity contribution in [3.63, 3.8) is 0 Å². The second kappa shape index (κ2) is 5.53. The standard InChI is InChI=1S/C15H21NO2/c1-3-10(2)8-14(17)16-13-9-11-6-4-5-7-12(11)15(13)18/h4-7,10,13,15,18H,3,8-9H2,1-2H3,(H,16,17)/t10-,13+,15-/m0/s1. The molecule has 0 aromatic heterocycles. The fourth-order valence-electron chi connectivity index (χ4n) is 2.43. The Kier molecular flexibility index (Phi) is 4.02. The Morgan fingerprint density at radius 2 is 2.22 bits per heavy atom. The minimum Gasteiger partial charge on any atom is -0.386 e. The van der Waals surface area contributed by atoms with E-state index >= 15 is 0 Å². The average Bonchev–Trinajstić information content (AvgIpc) is 2.66. The molecule has 2 rings (SSSR count). The molecule has 3 atom stereocenters. The average molecular weight is 247 g/mol. The first-order chi connectivity index (χ1) is 8.61. The lowest BCUT2D eigenvalue weighted by molar-refractivity contribution is -0.123. The van der Waals surface area contributed by atoms with Crippen LogP contribution in [0, 0.1) is 5.92 Å². The number of aliphatic hydroxyl groups is 1. The molecule has 0 radical (unpaired) electrons. The Morgan fingerprint density at radius 1 is 1.50 bits per heavy atom. The number of carbonyl (C=O) groups is 1. The number of hydrogen-bond donors (Lipinski definition) is 2. The van der Waals surface area contributed by atoms with Crippen molar-refractivity contribution in [2.45, 2.75) is 45.3 Å². The van der Waals surface area contributed by atoms with Crippen LogP contribution in [0.1, 0.15) is 43.9 Å². The number of hydrogen-bond acceptors (Lipinski definition) is 2. The molecule has 0 fully saturated rings. The minimum absolute atomic E-state index is 0.0428. The fraction of sp³-hybridized carbons (Fsp3) is 0.533. The molecule has 0 bridgehead atoms. The number of nitrogens with one attached hydrogen (secondary N) is 1. The van der Waals surface area contributed by atoms with Gasteiger partial charge in [0, 0.05) is 6.42 Å². The van der Waals surface area contributed by atoms with Gasteiger partial charge in [0.25, 0.3) is 0 Å². The van der Waals surface area contributed by atoms with Gasteiger partial charge in [0.15, 0.2) is 0 Å². The van der Waals surface area contributed by atoms with E-state index in [-0.39, 0.29) is 11.9 Å². The van der Waals surface area contributed by atoms with Gasteiger partial charge < -0.3 is 10.4 Å². The van der Waals surface area contributed by atoms with Gasteiger partial charge in [-0.15, -0.1) is 0 Å². The van der Waals surface area contributed by atoms with Crippen molar-refractivity contribution in [1.29, 1.82) is 0 Å². The van der Waals surface area contributed by atoms with Gasteiger partial charge in [0.1, 0.15) is 0 Å². The maximum Gasteiger partial charge on any atom is 0.220 e. The highest BCUT2D eigenvalue weighted by Crippen LogP contribution is 2.31. The zero-order valence-electron chi connectivity index (χ0n) is 11.0. The fourth-order valence-corrected chi connectivity index (χ4v) is 2.43. The highest BCUT2D eigenvalue weighted by molar-refractivity contribution is 5.76. The van der Waals surface area contributed by atoms with E-state index in [2.05, 4.69) is 19.2 Å². The van der Waals surface area contributed by atoms with Gasteiger partial charge in [-0.3, -0.25) is 4.79 Å². The summed E-state index contributed by atoms with van der Waals surface area (Å²) in [5.41, 5.74) is 2.09. The van der Waals surface area contributed by atoms with Crippen LogP contribution in [0.2, 0.25) is 0 Å². The van der Waals surface area contributed by atoms with Crippen molar-refractivity contribution in [3.8, 4) is 0 Å². The third kappa shape index (κ3) is 2.72. The molecule has 0 heterocycles. The highest BCUT2D eigenvalue weighted by Gasteiger charge is 2.31. The lowest BCUT2D eigenvalue weighted by atomic mass is 10.0. The Hall–Kier alpha value is -1.35. The van der Waals surface area contributed by atoms with E-state index in [1.54, 1.807) is 0 Å². The van der Waals surface area contributed by atoms with E-state index in [4.69, 9.17) is 0 Å². The summed E-state index contributed by atoms with van der Waals surface area (Å²) in [5, 5.41) is 13.1. The molecule has 1 aromatic carbocycles. The van der Waals surface area contributed by atoms with Crippen LogP contribution in [-0.2, 0) is 11.2 Å². The largest absolute Gasteiger partial charge is 0.386 e. The molecule has 0 saturated carbocycles. The molecule has 0 saturated heterocycles. The summed E-state index contributed by atoms with van der Waals surface area (Å²) in [5.74, 6) is 0.437. The van der Waals surface area contributed by atoms with E-state index < -0.39 is 6.10 Å². The molecular weight excluding hydrogens is 226 g/mol. The second-order valence-electron chi connectivity index (χ2n) is 5.24. The maximum absolute atomic E-state index is 11.8. The van der Waals surface area contributed by atoms with Gasteiger partial charge in [-0.2, -0.15) is 0 Å². The van der Waals surface area contributed by atoms with Crippen LogP contribution in [0.15, 0.2) is 24.3 Å². The van der Waals surface area contributed by atoms with Crippen molar-refractivity contribution < 1.29 is 9.90 Å². The Balaban J connectivity index is 1.95. The van der Waals surface area contributed by atoms with Gasteiger partial charge in [0.05, 0.1) is 12.1 Å². The van der Waals surface area contributed by atoms with E-state index in [1.165, 1.54) is 0 Å². The summed E-state index contributed by atoms with van der Waals surface area (Å²) in [6.07, 6.45) is 1.70. The van der Waals surface area contributed by atoms with Crippen molar-refractivity contribution >= 4 is 5.91 Å². The zero-order chi connectivity index (χ0) is 13.1. The van der Waals surface area contributed by atoms with Gasteiger partial charge in [-0.25, -0.2) is 0 Å². The van der Waals surface area contributed by atoms with Crippen molar-refractivity contribution in [1.82, 2.24) is 5.32 Å². The number of rotatable bonds is 4. The van der Waals surface area contributed by atoms with Crippen LogP contribution in [0.3, 0.4) is 0 Å². The number of amides is 1. The Labute approximate surface area is 108 Å². The number of fused-ring (bicyclic) bond motifs is 1. The molecule has 1 aliphatic rings. The van der Waals surface area contributed by atoms with E-state index in [9.17, 15) is 9.90 Å². The molecule has 0 spiro atoms. The van der Waals surface area contributed by atoms with Crippen molar-refractivity contribution in [3.05, 3.63) is 35.4 Å². The monoisotopic (exact) mass is 247 g/mol. The maximum atomic E-state index is 11.8. The summed E-state index contributed by atoms with van der Waals surface area (Å²) in [7, 11) is 0. The third-order valence-corrected chi connectivity index (χ3v) is 3.77. The molecule has 1 aromatic rings. The Morgan fingerprint density at radius 3 is 2.89 bits per heavy atom. The molecule has 18 heavy (non-hydrogen) atoms. The Bertz CT molecular complexity index is 430. The molecule has 98 valence electrons. The first-order valence-corrected chi connectivity index (χ1v) is 6.67. The van der Waals surface area contributed by atoms with E-state index in [0.717, 1.165) is 24.0 Å². The SMILES string of the molecule is CC[C@H](C)CC(=O)N[C@@H]1Cc2ccccc2[C@@H]1O. The van der Waals surface area contributed by atoms with Gasteiger partial charge >= 0.3 is 0 Å². The summed E-state index contributed by atoms with van der Waals surface area (Å²) in [6, 6.07) is 7.67. The molecule has 3 nitrogen and oxygen atoms in total. The molecule has 3 heteroatoms. The first kappa shape index (κ1) is 13.1. The topological polar surface area (TPSA) is 49.3 Å². The van der Waals surface area contributed by atoms with Crippen LogP contribution in [0.4, 0.5) is 0 Å². The van der Waals surface area contributed by atoms with Crippen molar-refractivity contribution in [2.75, 3.05) is 0 Å². The lowest BCUT2D eigenvalue weighted by Crippen LogP contribution is -2.38. The van der Waals surface area contributed by atoms with Crippen LogP contribution < -0.4 is 5.32 Å². The van der Waals surface area contributed by atoms with Gasteiger partial charge in [0.2, 0.25) is 5.91 Å². The molecule has 1 aliphatic carbocycles. The molecule has 0 aliphatic heterocycles. The molecule has 1 amide bonds. The summed E-state index contributed by atoms with van der Waals surface area (Å²) < 4.78 is 0. The summed E-state index contributed by atoms with van der Waals surface area (Å²) >= 11 is 0. The summed E-state index contributed by atoms with van der Waals surface area (Å²) in [6.45, 7) is 4.15. The first-order valence-electron chi connectivity index (χ1n) is 6.67. The molecule has 2 N–H and O–H groups in total. The second-order valence-corrected chi connectivity index (χ2v) is 5.24. The number of carbonyl (C=O) groups excluding carboxylic acids is 1. The highest BCUT2D eigenvalue weighted by atomic mass is 16.3. The zero-order valence-corrected chi connectivity index (χ0v) is 11.0. The van der Waals surface area contributed by atoms with Gasteiger partial charge in [-0.05, 0) is 23.5 Å². The van der Waals surface area contributed by atoms with Crippen LogP contribution >= 0.6 is 0 Å². The van der Waals surface area contributed by atoms with Crippen LogP contribution in [0.5, 0.6) is 0 Å². The summed E-state index contributed by atoms with van der Waals surface area (Å²) in [4.78, 5) is 11.8. The quantitative estimate of drug-likeness (QED) is 0.857. The van der Waals surface area contributed by atoms with Crippen LogP contribution in [-0.4, -0.2) is 17.1 Å². The van der Waals surface area contributed by atoms with Gasteiger partial charge in [-0.1, -0.05) is 44.5 Å². The van der Waals surface area contributed by atoms with E-state index in [0.29, 0.717) is 12.3 Å². The predicted molar refractivity (Wildman–Crippen MR) is 71.1 cm³/mol. The van der Waals surface area contributed by atoms with E-state index in [1.807, 2.05) is 24.3 Å². The van der Waals surface area contributed by atoms with Crippen LogP contribution in [0.25, 0.3) is 0 Å². The normalized spacial score (nSPS) is 23.5. The smallest absolute Gasteiger partial charge is 0.220 e. The predicted octanol–water partition coefficient (Wildman–Crippen LogP) is 2.20. The molecular formula is C15H21NO2. The number of aliphatic hydroxyl groups excluding tert-OH is 1. The number of benzene rings is 1. The van der Waals surface area contributed by atoms with Crippen molar-refractivity contribution in [2.24, 2.45) is 5.92 Å².